The first-order valence-electron chi connectivity index (χ1n) is 6.13. The summed E-state index contributed by atoms with van der Waals surface area (Å²) in [7, 11) is 3.89. The van der Waals surface area contributed by atoms with Crippen LogP contribution in [0.4, 0.5) is 0 Å². The highest BCUT2D eigenvalue weighted by atomic mass is 16.5. The number of methoxy groups -OCH3 is 1. The second-order valence-corrected chi connectivity index (χ2v) is 4.69. The van der Waals surface area contributed by atoms with Crippen molar-refractivity contribution < 1.29 is 4.74 Å². The van der Waals surface area contributed by atoms with Gasteiger partial charge in [-0.05, 0) is 19.4 Å². The molecule has 3 nitrogen and oxygen atoms in total. The van der Waals surface area contributed by atoms with E-state index in [1.54, 1.807) is 0 Å². The Hall–Kier alpha value is -0.120. The van der Waals surface area contributed by atoms with Crippen LogP contribution in [0, 0.1) is 5.92 Å². The summed E-state index contributed by atoms with van der Waals surface area (Å²) < 4.78 is 5.38. The van der Waals surface area contributed by atoms with Crippen LogP contribution in [0.15, 0.2) is 0 Å². The van der Waals surface area contributed by atoms with E-state index in [1.807, 2.05) is 7.11 Å². The molecule has 3 heteroatoms. The molecular weight excluding hydrogens is 188 g/mol. The Morgan fingerprint density at radius 3 is 2.73 bits per heavy atom. The molecule has 1 aliphatic heterocycles. The van der Waals surface area contributed by atoms with Gasteiger partial charge >= 0.3 is 0 Å². The predicted molar refractivity (Wildman–Crippen MR) is 64.2 cm³/mol. The molecule has 1 saturated heterocycles. The Bertz CT molecular complexity index is 175. The fraction of sp³-hybridized carbons (Fsp3) is 1.00. The van der Waals surface area contributed by atoms with E-state index in [4.69, 9.17) is 4.74 Å². The van der Waals surface area contributed by atoms with Crippen LogP contribution < -0.4 is 5.32 Å². The first-order valence-corrected chi connectivity index (χ1v) is 6.13. The smallest absolute Gasteiger partial charge is 0.0710 e. The zero-order chi connectivity index (χ0) is 11.3. The Kier molecular flexibility index (Phi) is 5.58. The highest BCUT2D eigenvalue weighted by Gasteiger charge is 2.25. The number of nitrogens with zero attached hydrogens (tertiary/aromatic N) is 1. The first-order chi connectivity index (χ1) is 7.21. The van der Waals surface area contributed by atoms with E-state index in [2.05, 4.69) is 31.1 Å². The van der Waals surface area contributed by atoms with Gasteiger partial charge < -0.3 is 10.1 Å². The van der Waals surface area contributed by atoms with Crippen LogP contribution in [-0.2, 0) is 4.74 Å². The molecule has 0 amide bonds. The third-order valence-corrected chi connectivity index (χ3v) is 3.72. The summed E-state index contributed by atoms with van der Waals surface area (Å²) in [5, 5.41) is 3.43. The first kappa shape index (κ1) is 12.9. The summed E-state index contributed by atoms with van der Waals surface area (Å²) in [6, 6.07) is 0.616. The van der Waals surface area contributed by atoms with Gasteiger partial charge in [-0.25, -0.2) is 0 Å². The summed E-state index contributed by atoms with van der Waals surface area (Å²) in [5.74, 6) is 0.747. The number of likely N-dealkylation sites (tertiary alicyclic amines) is 1. The van der Waals surface area contributed by atoms with Gasteiger partial charge in [0.2, 0.25) is 0 Å². The fourth-order valence-electron chi connectivity index (χ4n) is 2.27. The van der Waals surface area contributed by atoms with Crippen molar-refractivity contribution in [3.05, 3.63) is 0 Å². The van der Waals surface area contributed by atoms with Gasteiger partial charge in [-0.2, -0.15) is 0 Å². The normalized spacial score (nSPS) is 26.8. The topological polar surface area (TPSA) is 24.5 Å². The minimum absolute atomic E-state index is 0.458. The van der Waals surface area contributed by atoms with Crippen LogP contribution in [0.5, 0.6) is 0 Å². The lowest BCUT2D eigenvalue weighted by Crippen LogP contribution is -2.42. The van der Waals surface area contributed by atoms with E-state index >= 15 is 0 Å². The average Bonchev–Trinajstić information content (AvgIpc) is 2.72. The molecule has 3 atom stereocenters. The summed E-state index contributed by atoms with van der Waals surface area (Å²) in [6.07, 6.45) is 2.89. The Labute approximate surface area is 94.2 Å². The zero-order valence-electron chi connectivity index (χ0n) is 10.6. The Balaban J connectivity index is 2.33. The summed E-state index contributed by atoms with van der Waals surface area (Å²) in [5.41, 5.74) is 0. The van der Waals surface area contributed by atoms with Crippen LogP contribution in [0.1, 0.15) is 26.7 Å². The van der Waals surface area contributed by atoms with Crippen molar-refractivity contribution in [1.82, 2.24) is 10.2 Å². The molecule has 1 heterocycles. The maximum atomic E-state index is 5.38. The molecule has 1 aliphatic rings. The van der Waals surface area contributed by atoms with Gasteiger partial charge in [0, 0.05) is 32.8 Å². The lowest BCUT2D eigenvalue weighted by atomic mass is 9.99. The van der Waals surface area contributed by atoms with Crippen molar-refractivity contribution in [2.75, 3.05) is 33.8 Å². The maximum Gasteiger partial charge on any atom is 0.0710 e. The van der Waals surface area contributed by atoms with Crippen molar-refractivity contribution in [2.24, 2.45) is 5.92 Å². The zero-order valence-corrected chi connectivity index (χ0v) is 10.6. The average molecular weight is 214 g/mol. The van der Waals surface area contributed by atoms with Crippen LogP contribution in [-0.4, -0.2) is 50.8 Å². The number of rotatable bonds is 6. The molecule has 0 aromatic carbocycles. The SMILES string of the molecule is CCC(C)C(CN1CCC(OC)C1)NC. The van der Waals surface area contributed by atoms with Crippen molar-refractivity contribution in [3.63, 3.8) is 0 Å². The summed E-state index contributed by atoms with van der Waals surface area (Å²) in [6.45, 7) is 8.03. The number of nitrogens with one attached hydrogen (secondary N) is 1. The molecule has 90 valence electrons. The largest absolute Gasteiger partial charge is 0.380 e. The molecule has 0 saturated carbocycles. The molecule has 0 radical (unpaired) electrons. The Morgan fingerprint density at radius 2 is 2.27 bits per heavy atom. The van der Waals surface area contributed by atoms with E-state index in [-0.39, 0.29) is 0 Å². The van der Waals surface area contributed by atoms with Gasteiger partial charge in [0.05, 0.1) is 6.10 Å². The number of ether oxygens (including phenoxy) is 1. The number of hydrogen-bond acceptors (Lipinski definition) is 3. The third-order valence-electron chi connectivity index (χ3n) is 3.72. The standard InChI is InChI=1S/C12H26N2O/c1-5-10(2)12(13-3)9-14-7-6-11(8-14)15-4/h10-13H,5-9H2,1-4H3. The highest BCUT2D eigenvalue weighted by molar-refractivity contribution is 4.81. The van der Waals surface area contributed by atoms with Crippen molar-refractivity contribution in [1.29, 1.82) is 0 Å². The molecule has 0 spiro atoms. The monoisotopic (exact) mass is 214 g/mol. The molecular formula is C12H26N2O. The minimum atomic E-state index is 0.458. The second kappa shape index (κ2) is 6.46. The van der Waals surface area contributed by atoms with Gasteiger partial charge in [-0.1, -0.05) is 20.3 Å². The van der Waals surface area contributed by atoms with Crippen molar-refractivity contribution >= 4 is 0 Å². The molecule has 0 bridgehead atoms. The van der Waals surface area contributed by atoms with E-state index in [1.165, 1.54) is 19.4 Å². The number of likely N-dealkylation sites (N-methyl/N-ethyl adjacent to an activating group) is 1. The van der Waals surface area contributed by atoms with Gasteiger partial charge in [0.15, 0.2) is 0 Å². The summed E-state index contributed by atoms with van der Waals surface area (Å²) >= 11 is 0. The third kappa shape index (κ3) is 3.74. The van der Waals surface area contributed by atoms with Gasteiger partial charge in [0.1, 0.15) is 0 Å². The van der Waals surface area contributed by atoms with E-state index < -0.39 is 0 Å². The van der Waals surface area contributed by atoms with Crippen LogP contribution in [0.25, 0.3) is 0 Å². The fourth-order valence-corrected chi connectivity index (χ4v) is 2.27. The predicted octanol–water partition coefficient (Wildman–Crippen LogP) is 1.34. The van der Waals surface area contributed by atoms with Crippen LogP contribution >= 0.6 is 0 Å². The Morgan fingerprint density at radius 1 is 1.53 bits per heavy atom. The van der Waals surface area contributed by atoms with Crippen LogP contribution in [0.2, 0.25) is 0 Å². The summed E-state index contributed by atoms with van der Waals surface area (Å²) in [4.78, 5) is 2.52. The van der Waals surface area contributed by atoms with Gasteiger partial charge in [-0.3, -0.25) is 4.90 Å². The molecule has 3 unspecified atom stereocenters. The molecule has 0 aromatic heterocycles. The minimum Gasteiger partial charge on any atom is -0.380 e. The molecule has 1 N–H and O–H groups in total. The quantitative estimate of drug-likeness (QED) is 0.722. The lowest BCUT2D eigenvalue weighted by molar-refractivity contribution is 0.105. The molecule has 15 heavy (non-hydrogen) atoms. The van der Waals surface area contributed by atoms with E-state index in [0.717, 1.165) is 19.0 Å². The molecule has 0 aromatic rings. The van der Waals surface area contributed by atoms with Crippen molar-refractivity contribution in [2.45, 2.75) is 38.8 Å². The van der Waals surface area contributed by atoms with Crippen molar-refractivity contribution in [3.8, 4) is 0 Å². The van der Waals surface area contributed by atoms with E-state index in [9.17, 15) is 0 Å². The second-order valence-electron chi connectivity index (χ2n) is 4.69. The van der Waals surface area contributed by atoms with Gasteiger partial charge in [-0.15, -0.1) is 0 Å². The van der Waals surface area contributed by atoms with Gasteiger partial charge in [0.25, 0.3) is 0 Å². The molecule has 1 rings (SSSR count). The number of hydrogen-bond donors (Lipinski definition) is 1. The molecule has 0 aliphatic carbocycles. The maximum absolute atomic E-state index is 5.38. The van der Waals surface area contributed by atoms with Crippen LogP contribution in [0.3, 0.4) is 0 Å². The molecule has 1 fully saturated rings. The lowest BCUT2D eigenvalue weighted by Gasteiger charge is -2.27. The van der Waals surface area contributed by atoms with E-state index in [0.29, 0.717) is 12.1 Å². The highest BCUT2D eigenvalue weighted by Crippen LogP contribution is 2.15.